The fourth-order valence-electron chi connectivity index (χ4n) is 11.2. The molecule has 3 N–H and O–H groups in total. The molecule has 35 heavy (non-hydrogen) atoms. The van der Waals surface area contributed by atoms with Gasteiger partial charge in [-0.1, -0.05) is 53.2 Å². The first-order chi connectivity index (χ1) is 16.4. The summed E-state index contributed by atoms with van der Waals surface area (Å²) in [5.41, 5.74) is 1.48. The molecule has 0 radical (unpaired) electrons. The summed E-state index contributed by atoms with van der Waals surface area (Å²) in [7, 11) is 1.68. The summed E-state index contributed by atoms with van der Waals surface area (Å²) in [5.74, 6) is 2.47. The molecule has 12 atom stereocenters. The second-order valence-corrected chi connectivity index (χ2v) is 14.7. The number of aliphatic hydroxyl groups is 3. The van der Waals surface area contributed by atoms with Gasteiger partial charge >= 0.3 is 0 Å². The van der Waals surface area contributed by atoms with E-state index < -0.39 is 17.8 Å². The van der Waals surface area contributed by atoms with Crippen LogP contribution < -0.4 is 0 Å². The molecule has 0 spiro atoms. The number of fused-ring (bicyclic) bond motifs is 7. The van der Waals surface area contributed by atoms with Crippen LogP contribution in [0.5, 0.6) is 0 Å². The Morgan fingerprint density at radius 2 is 1.69 bits per heavy atom. The van der Waals surface area contributed by atoms with Crippen molar-refractivity contribution in [2.45, 2.75) is 112 Å². The Kier molecular flexibility index (Phi) is 6.20. The second-order valence-electron chi connectivity index (χ2n) is 14.7. The summed E-state index contributed by atoms with van der Waals surface area (Å²) in [4.78, 5) is 0. The minimum Gasteiger partial charge on any atom is -0.396 e. The van der Waals surface area contributed by atoms with E-state index in [2.05, 4.69) is 47.6 Å². The standard InChI is InChI=1S/C31H52O4/c1-19-10-15-31(26(34)35-7)17-16-29(5)21(25(31)20(19)2)8-9-23-27(3)13-12-24(33)28(4,18-32)22(27)11-14-30(23,29)6/h8,19-20,22-26,32-34H,9-18H2,1-7H3/t19-,20+,22?,23?,24+,25?,26?,27?,28+,29-,30-,31+/m1/s1. The maximum Gasteiger partial charge on any atom is 0.160 e. The number of rotatable bonds is 3. The first-order valence-electron chi connectivity index (χ1n) is 14.6. The molecule has 0 aromatic rings. The first-order valence-corrected chi connectivity index (χ1v) is 14.6. The Balaban J connectivity index is 1.60. The van der Waals surface area contributed by atoms with Crippen molar-refractivity contribution in [3.05, 3.63) is 11.6 Å². The van der Waals surface area contributed by atoms with Crippen LogP contribution >= 0.6 is 0 Å². The number of hydrogen-bond acceptors (Lipinski definition) is 4. The van der Waals surface area contributed by atoms with Crippen LogP contribution in [0.4, 0.5) is 0 Å². The molecule has 5 unspecified atom stereocenters. The molecule has 4 fully saturated rings. The van der Waals surface area contributed by atoms with Gasteiger partial charge in [0, 0.05) is 17.9 Å². The molecule has 0 heterocycles. The molecular formula is C31H52O4. The summed E-state index contributed by atoms with van der Waals surface area (Å²) < 4.78 is 5.69. The highest BCUT2D eigenvalue weighted by Crippen LogP contribution is 2.76. The lowest BCUT2D eigenvalue weighted by molar-refractivity contribution is -0.239. The van der Waals surface area contributed by atoms with Gasteiger partial charge in [-0.05, 0) is 104 Å². The molecule has 0 amide bonds. The van der Waals surface area contributed by atoms with Gasteiger partial charge in [-0.2, -0.15) is 0 Å². The molecule has 0 saturated heterocycles. The third-order valence-corrected chi connectivity index (χ3v) is 13.9. The largest absolute Gasteiger partial charge is 0.396 e. The van der Waals surface area contributed by atoms with Crippen LogP contribution in [0.3, 0.4) is 0 Å². The van der Waals surface area contributed by atoms with E-state index in [-0.39, 0.29) is 28.3 Å². The molecule has 5 aliphatic rings. The molecule has 4 nitrogen and oxygen atoms in total. The van der Waals surface area contributed by atoms with E-state index in [1.54, 1.807) is 12.7 Å². The van der Waals surface area contributed by atoms with E-state index in [1.807, 2.05) is 0 Å². The van der Waals surface area contributed by atoms with Crippen LogP contribution in [0.15, 0.2) is 11.6 Å². The van der Waals surface area contributed by atoms with Crippen molar-refractivity contribution in [1.29, 1.82) is 0 Å². The number of allylic oxidation sites excluding steroid dienone is 2. The van der Waals surface area contributed by atoms with Crippen LogP contribution in [-0.4, -0.2) is 41.4 Å². The fraction of sp³-hybridized carbons (Fsp3) is 0.935. The van der Waals surface area contributed by atoms with Gasteiger partial charge in [0.1, 0.15) is 0 Å². The van der Waals surface area contributed by atoms with Crippen LogP contribution in [0.1, 0.15) is 99.3 Å². The lowest BCUT2D eigenvalue weighted by Gasteiger charge is -2.72. The molecule has 0 aromatic carbocycles. The zero-order chi connectivity index (χ0) is 25.6. The number of hydrogen-bond donors (Lipinski definition) is 3. The average molecular weight is 489 g/mol. The van der Waals surface area contributed by atoms with Crippen molar-refractivity contribution in [2.24, 2.45) is 56.7 Å². The molecule has 5 rings (SSSR count). The lowest BCUT2D eigenvalue weighted by Crippen LogP contribution is -2.66. The smallest absolute Gasteiger partial charge is 0.160 e. The monoisotopic (exact) mass is 488 g/mol. The summed E-state index contributed by atoms with van der Waals surface area (Å²) >= 11 is 0. The highest BCUT2D eigenvalue weighted by molar-refractivity contribution is 5.34. The SMILES string of the molecule is COC(O)[C@]12CC[C@@H](C)[C@H](C)C1C1=CCC3C4(C)CC[C@H](O)[C@@](C)(CO)C4CC[C@@]3(C)[C@]1(C)CC2. The molecule has 0 aromatic heterocycles. The van der Waals surface area contributed by atoms with Crippen molar-refractivity contribution in [1.82, 2.24) is 0 Å². The summed E-state index contributed by atoms with van der Waals surface area (Å²) in [6.07, 6.45) is 11.1. The third kappa shape index (κ3) is 3.12. The number of ether oxygens (including phenoxy) is 1. The van der Waals surface area contributed by atoms with Gasteiger partial charge in [-0.15, -0.1) is 0 Å². The van der Waals surface area contributed by atoms with Crippen molar-refractivity contribution < 1.29 is 20.1 Å². The van der Waals surface area contributed by atoms with Crippen LogP contribution in [0, 0.1) is 56.7 Å². The Hall–Kier alpha value is -0.420. The summed E-state index contributed by atoms with van der Waals surface area (Å²) in [5, 5.41) is 32.7. The summed E-state index contributed by atoms with van der Waals surface area (Å²) in [6, 6.07) is 0. The summed E-state index contributed by atoms with van der Waals surface area (Å²) in [6.45, 7) is 14.7. The van der Waals surface area contributed by atoms with Crippen LogP contribution in [0.25, 0.3) is 0 Å². The van der Waals surface area contributed by atoms with Gasteiger partial charge in [-0.25, -0.2) is 0 Å². The van der Waals surface area contributed by atoms with Crippen LogP contribution in [0.2, 0.25) is 0 Å². The molecule has 4 heteroatoms. The van der Waals surface area contributed by atoms with Gasteiger partial charge in [0.05, 0.1) is 12.7 Å². The minimum atomic E-state index is -0.697. The first kappa shape index (κ1) is 26.2. The minimum absolute atomic E-state index is 0.0745. The van der Waals surface area contributed by atoms with Gasteiger partial charge in [0.25, 0.3) is 0 Å². The van der Waals surface area contributed by atoms with Crippen molar-refractivity contribution in [3.8, 4) is 0 Å². The van der Waals surface area contributed by atoms with E-state index in [0.29, 0.717) is 29.6 Å². The number of aliphatic hydroxyl groups excluding tert-OH is 3. The lowest BCUT2D eigenvalue weighted by atomic mass is 9.33. The fourth-order valence-corrected chi connectivity index (χ4v) is 11.2. The highest BCUT2D eigenvalue weighted by atomic mass is 16.6. The average Bonchev–Trinajstić information content (AvgIpc) is 2.83. The number of methoxy groups -OCH3 is 1. The second kappa shape index (κ2) is 8.29. The van der Waals surface area contributed by atoms with Crippen molar-refractivity contribution in [2.75, 3.05) is 13.7 Å². The predicted molar refractivity (Wildman–Crippen MR) is 139 cm³/mol. The van der Waals surface area contributed by atoms with Gasteiger partial charge in [-0.3, -0.25) is 0 Å². The van der Waals surface area contributed by atoms with E-state index in [0.717, 1.165) is 51.4 Å². The third-order valence-electron chi connectivity index (χ3n) is 13.9. The topological polar surface area (TPSA) is 69.9 Å². The van der Waals surface area contributed by atoms with E-state index in [1.165, 1.54) is 6.42 Å². The normalized spacial score (nSPS) is 56.7. The molecular weight excluding hydrogens is 436 g/mol. The zero-order valence-electron chi connectivity index (χ0n) is 23.4. The molecule has 200 valence electrons. The van der Waals surface area contributed by atoms with E-state index in [4.69, 9.17) is 4.74 Å². The van der Waals surface area contributed by atoms with Gasteiger partial charge < -0.3 is 20.1 Å². The zero-order valence-corrected chi connectivity index (χ0v) is 23.4. The van der Waals surface area contributed by atoms with E-state index >= 15 is 0 Å². The Bertz CT molecular complexity index is 870. The van der Waals surface area contributed by atoms with Crippen molar-refractivity contribution in [3.63, 3.8) is 0 Å². The van der Waals surface area contributed by atoms with Gasteiger partial charge in [0.2, 0.25) is 0 Å². The quantitative estimate of drug-likeness (QED) is 0.339. The van der Waals surface area contributed by atoms with Crippen molar-refractivity contribution >= 4 is 0 Å². The highest BCUT2D eigenvalue weighted by Gasteiger charge is 2.69. The maximum atomic E-state index is 11.3. The Labute approximate surface area is 213 Å². The Morgan fingerprint density at radius 1 is 0.971 bits per heavy atom. The molecule has 4 saturated carbocycles. The Morgan fingerprint density at radius 3 is 2.34 bits per heavy atom. The molecule has 0 bridgehead atoms. The molecule has 0 aliphatic heterocycles. The van der Waals surface area contributed by atoms with Crippen LogP contribution in [-0.2, 0) is 4.74 Å². The maximum absolute atomic E-state index is 11.3. The van der Waals surface area contributed by atoms with E-state index in [9.17, 15) is 15.3 Å². The van der Waals surface area contributed by atoms with Gasteiger partial charge in [0.15, 0.2) is 6.29 Å². The predicted octanol–water partition coefficient (Wildman–Crippen LogP) is 5.94. The molecule has 5 aliphatic carbocycles.